The zero-order valence-corrected chi connectivity index (χ0v) is 9.84. The molecule has 0 bridgehead atoms. The van der Waals surface area contributed by atoms with Crippen molar-refractivity contribution in [1.29, 1.82) is 0 Å². The summed E-state index contributed by atoms with van der Waals surface area (Å²) in [7, 11) is 2.19. The third kappa shape index (κ3) is 3.95. The molecule has 0 aromatic rings. The summed E-state index contributed by atoms with van der Waals surface area (Å²) in [5.74, 6) is 0. The minimum atomic E-state index is 0.343. The van der Waals surface area contributed by atoms with Crippen LogP contribution >= 0.6 is 0 Å². The predicted octanol–water partition coefficient (Wildman–Crippen LogP) is 0.655. The summed E-state index contributed by atoms with van der Waals surface area (Å²) in [6, 6.07) is 0.692. The highest BCUT2D eigenvalue weighted by atomic mass is 15.2. The first-order chi connectivity index (χ1) is 6.53. The largest absolute Gasteiger partial charge is 0.330 e. The van der Waals surface area contributed by atoms with Gasteiger partial charge in [0.2, 0.25) is 0 Å². The Balaban J connectivity index is 2.19. The van der Waals surface area contributed by atoms with Gasteiger partial charge in [-0.05, 0) is 38.4 Å². The SMILES string of the molecule is CN1CCC(NCC(C)(C)CCN)C1. The van der Waals surface area contributed by atoms with Gasteiger partial charge in [-0.15, -0.1) is 0 Å². The average Bonchev–Trinajstić information content (AvgIpc) is 2.48. The summed E-state index contributed by atoms with van der Waals surface area (Å²) in [6.07, 6.45) is 2.39. The maximum Gasteiger partial charge on any atom is 0.0207 e. The van der Waals surface area contributed by atoms with Gasteiger partial charge in [-0.2, -0.15) is 0 Å². The molecule has 1 fully saturated rings. The van der Waals surface area contributed by atoms with Crippen LogP contribution in [0, 0.1) is 5.41 Å². The molecule has 14 heavy (non-hydrogen) atoms. The number of nitrogens with zero attached hydrogens (tertiary/aromatic N) is 1. The van der Waals surface area contributed by atoms with Crippen LogP contribution in [0.4, 0.5) is 0 Å². The Bertz CT molecular complexity index is 168. The van der Waals surface area contributed by atoms with Crippen LogP contribution in [0.2, 0.25) is 0 Å². The molecule has 1 rings (SSSR count). The molecule has 3 heteroatoms. The summed E-state index contributed by atoms with van der Waals surface area (Å²) >= 11 is 0. The molecule has 1 saturated heterocycles. The molecule has 1 unspecified atom stereocenters. The van der Waals surface area contributed by atoms with E-state index in [1.54, 1.807) is 0 Å². The molecule has 1 aliphatic heterocycles. The number of nitrogens with one attached hydrogen (secondary N) is 1. The second-order valence-electron chi connectivity index (χ2n) is 5.33. The van der Waals surface area contributed by atoms with Crippen molar-refractivity contribution >= 4 is 0 Å². The monoisotopic (exact) mass is 199 g/mol. The summed E-state index contributed by atoms with van der Waals surface area (Å²) in [5, 5.41) is 3.64. The van der Waals surface area contributed by atoms with E-state index < -0.39 is 0 Å². The lowest BCUT2D eigenvalue weighted by Crippen LogP contribution is -2.39. The lowest BCUT2D eigenvalue weighted by molar-refractivity contribution is 0.298. The van der Waals surface area contributed by atoms with Gasteiger partial charge in [0.15, 0.2) is 0 Å². The topological polar surface area (TPSA) is 41.3 Å². The maximum atomic E-state index is 5.58. The third-order valence-corrected chi connectivity index (χ3v) is 3.08. The van der Waals surface area contributed by atoms with Crippen LogP contribution in [0.5, 0.6) is 0 Å². The van der Waals surface area contributed by atoms with Gasteiger partial charge in [0, 0.05) is 19.1 Å². The summed E-state index contributed by atoms with van der Waals surface area (Å²) in [5.41, 5.74) is 5.93. The van der Waals surface area contributed by atoms with Crippen LogP contribution < -0.4 is 11.1 Å². The third-order valence-electron chi connectivity index (χ3n) is 3.08. The first-order valence-electron chi connectivity index (χ1n) is 5.65. The van der Waals surface area contributed by atoms with Crippen molar-refractivity contribution in [2.24, 2.45) is 11.1 Å². The second kappa shape index (κ2) is 5.10. The Morgan fingerprint density at radius 2 is 2.21 bits per heavy atom. The van der Waals surface area contributed by atoms with Crippen molar-refractivity contribution in [2.75, 3.05) is 33.2 Å². The zero-order chi connectivity index (χ0) is 10.6. The van der Waals surface area contributed by atoms with Gasteiger partial charge >= 0.3 is 0 Å². The first kappa shape index (κ1) is 12.0. The van der Waals surface area contributed by atoms with Crippen LogP contribution in [0.1, 0.15) is 26.7 Å². The highest BCUT2D eigenvalue weighted by molar-refractivity contribution is 4.82. The Kier molecular flexibility index (Phi) is 4.35. The summed E-state index contributed by atoms with van der Waals surface area (Å²) in [6.45, 7) is 8.87. The van der Waals surface area contributed by atoms with Gasteiger partial charge in [-0.1, -0.05) is 13.8 Å². The number of hydrogen-bond acceptors (Lipinski definition) is 3. The Labute approximate surface area is 88.0 Å². The maximum absolute atomic E-state index is 5.58. The van der Waals surface area contributed by atoms with Crippen molar-refractivity contribution in [3.05, 3.63) is 0 Å². The van der Waals surface area contributed by atoms with Crippen LogP contribution in [-0.4, -0.2) is 44.2 Å². The van der Waals surface area contributed by atoms with E-state index in [9.17, 15) is 0 Å². The molecule has 3 N–H and O–H groups in total. The Morgan fingerprint density at radius 1 is 1.50 bits per heavy atom. The lowest BCUT2D eigenvalue weighted by atomic mass is 9.89. The van der Waals surface area contributed by atoms with E-state index in [2.05, 4.69) is 31.1 Å². The van der Waals surface area contributed by atoms with Gasteiger partial charge in [0.25, 0.3) is 0 Å². The molecule has 1 heterocycles. The standard InChI is InChI=1S/C11H25N3/c1-11(2,5-6-12)9-13-10-4-7-14(3)8-10/h10,13H,4-9,12H2,1-3H3. The van der Waals surface area contributed by atoms with Crippen molar-refractivity contribution in [1.82, 2.24) is 10.2 Å². The molecular weight excluding hydrogens is 174 g/mol. The molecule has 0 saturated carbocycles. The van der Waals surface area contributed by atoms with E-state index in [0.29, 0.717) is 11.5 Å². The molecule has 84 valence electrons. The Morgan fingerprint density at radius 3 is 2.71 bits per heavy atom. The zero-order valence-electron chi connectivity index (χ0n) is 9.84. The lowest BCUT2D eigenvalue weighted by Gasteiger charge is -2.26. The molecule has 0 aromatic heterocycles. The molecule has 0 aliphatic carbocycles. The number of nitrogens with two attached hydrogens (primary N) is 1. The van der Waals surface area contributed by atoms with Gasteiger partial charge in [0.1, 0.15) is 0 Å². The Hall–Kier alpha value is -0.120. The molecule has 3 nitrogen and oxygen atoms in total. The van der Waals surface area contributed by atoms with Gasteiger partial charge < -0.3 is 16.0 Å². The summed E-state index contributed by atoms with van der Waals surface area (Å²) in [4.78, 5) is 2.38. The van der Waals surface area contributed by atoms with Crippen molar-refractivity contribution in [2.45, 2.75) is 32.7 Å². The molecule has 0 amide bonds. The van der Waals surface area contributed by atoms with Gasteiger partial charge in [-0.25, -0.2) is 0 Å². The normalized spacial score (nSPS) is 24.4. The number of likely N-dealkylation sites (N-methyl/N-ethyl adjacent to an activating group) is 1. The summed E-state index contributed by atoms with van der Waals surface area (Å²) < 4.78 is 0. The fraction of sp³-hybridized carbons (Fsp3) is 1.00. The van der Waals surface area contributed by atoms with Crippen molar-refractivity contribution < 1.29 is 0 Å². The molecule has 0 aromatic carbocycles. The van der Waals surface area contributed by atoms with E-state index in [-0.39, 0.29) is 0 Å². The first-order valence-corrected chi connectivity index (χ1v) is 5.65. The van der Waals surface area contributed by atoms with Gasteiger partial charge in [-0.3, -0.25) is 0 Å². The minimum Gasteiger partial charge on any atom is -0.330 e. The molecule has 1 atom stereocenters. The van der Waals surface area contributed by atoms with E-state index in [4.69, 9.17) is 5.73 Å². The fourth-order valence-electron chi connectivity index (χ4n) is 2.00. The highest BCUT2D eigenvalue weighted by Crippen LogP contribution is 2.18. The van der Waals surface area contributed by atoms with E-state index >= 15 is 0 Å². The number of hydrogen-bond donors (Lipinski definition) is 2. The number of rotatable bonds is 5. The molecular formula is C11H25N3. The van der Waals surface area contributed by atoms with E-state index in [1.165, 1.54) is 19.5 Å². The number of likely N-dealkylation sites (tertiary alicyclic amines) is 1. The van der Waals surface area contributed by atoms with E-state index in [1.807, 2.05) is 0 Å². The average molecular weight is 199 g/mol. The van der Waals surface area contributed by atoms with E-state index in [0.717, 1.165) is 19.5 Å². The van der Waals surface area contributed by atoms with Crippen LogP contribution in [0.25, 0.3) is 0 Å². The smallest absolute Gasteiger partial charge is 0.0207 e. The van der Waals surface area contributed by atoms with Crippen LogP contribution in [-0.2, 0) is 0 Å². The molecule has 1 aliphatic rings. The van der Waals surface area contributed by atoms with Crippen LogP contribution in [0.15, 0.2) is 0 Å². The van der Waals surface area contributed by atoms with Gasteiger partial charge in [0.05, 0.1) is 0 Å². The van der Waals surface area contributed by atoms with Crippen molar-refractivity contribution in [3.8, 4) is 0 Å². The minimum absolute atomic E-state index is 0.343. The fourth-order valence-corrected chi connectivity index (χ4v) is 2.00. The molecule has 0 radical (unpaired) electrons. The quantitative estimate of drug-likeness (QED) is 0.683. The highest BCUT2D eigenvalue weighted by Gasteiger charge is 2.22. The predicted molar refractivity (Wildman–Crippen MR) is 61.4 cm³/mol. The molecule has 0 spiro atoms. The van der Waals surface area contributed by atoms with Crippen LogP contribution in [0.3, 0.4) is 0 Å². The van der Waals surface area contributed by atoms with Crippen molar-refractivity contribution in [3.63, 3.8) is 0 Å². The second-order valence-corrected chi connectivity index (χ2v) is 5.33.